The van der Waals surface area contributed by atoms with Gasteiger partial charge >= 0.3 is 5.97 Å². The molecule has 2 atom stereocenters. The number of carbonyl (C=O) groups excluding carboxylic acids is 2. The normalized spacial score (nSPS) is 18.2. The molecule has 2 aromatic rings. The molecule has 1 fully saturated rings. The number of nitrogens with zero attached hydrogens (tertiary/aromatic N) is 1. The summed E-state index contributed by atoms with van der Waals surface area (Å²) >= 11 is 0. The van der Waals surface area contributed by atoms with Crippen LogP contribution in [0.25, 0.3) is 0 Å². The minimum absolute atomic E-state index is 0.272. The van der Waals surface area contributed by atoms with E-state index in [1.807, 2.05) is 24.3 Å². The second-order valence-electron chi connectivity index (χ2n) is 6.34. The number of carbonyl (C=O) groups is 2. The van der Waals surface area contributed by atoms with Gasteiger partial charge in [0.25, 0.3) is 5.91 Å². The zero-order chi connectivity index (χ0) is 20.1. The molecule has 0 bridgehead atoms. The lowest BCUT2D eigenvalue weighted by Crippen LogP contribution is -2.60. The lowest BCUT2D eigenvalue weighted by molar-refractivity contribution is -0.160. The maximum atomic E-state index is 12.8. The van der Waals surface area contributed by atoms with Gasteiger partial charge in [0.1, 0.15) is 17.5 Å². The predicted octanol–water partition coefficient (Wildman–Crippen LogP) is 3.67. The Balaban J connectivity index is 1.96. The first-order chi connectivity index (χ1) is 13.6. The Kier molecular flexibility index (Phi) is 5.99. The summed E-state index contributed by atoms with van der Waals surface area (Å²) in [4.78, 5) is 25.9. The van der Waals surface area contributed by atoms with Crippen molar-refractivity contribution in [3.8, 4) is 11.5 Å². The number of benzene rings is 2. The average Bonchev–Trinajstić information content (AvgIpc) is 2.71. The molecule has 1 saturated heterocycles. The number of rotatable bonds is 8. The summed E-state index contributed by atoms with van der Waals surface area (Å²) < 4.78 is 16.4. The lowest BCUT2D eigenvalue weighted by atomic mass is 9.89. The third-order valence-electron chi connectivity index (χ3n) is 4.51. The summed E-state index contributed by atoms with van der Waals surface area (Å²) in [5.74, 6) is 0.574. The van der Waals surface area contributed by atoms with Gasteiger partial charge in [-0.25, -0.2) is 0 Å². The SMILES string of the molecule is C=CCCOc1ccccc1[C@H]1[C@@H](OC(C)=O)C(=O)N1c1ccc(OC)cc1. The molecule has 0 aromatic heterocycles. The van der Waals surface area contributed by atoms with Crippen molar-refractivity contribution in [1.82, 2.24) is 0 Å². The van der Waals surface area contributed by atoms with Crippen molar-refractivity contribution in [2.24, 2.45) is 0 Å². The Hall–Kier alpha value is -3.28. The highest BCUT2D eigenvalue weighted by Gasteiger charge is 2.52. The van der Waals surface area contributed by atoms with Crippen molar-refractivity contribution >= 4 is 17.6 Å². The van der Waals surface area contributed by atoms with Crippen LogP contribution < -0.4 is 14.4 Å². The van der Waals surface area contributed by atoms with E-state index < -0.39 is 18.1 Å². The van der Waals surface area contributed by atoms with Gasteiger partial charge in [-0.05, 0) is 36.8 Å². The molecule has 28 heavy (non-hydrogen) atoms. The van der Waals surface area contributed by atoms with Crippen LogP contribution in [0.2, 0.25) is 0 Å². The molecule has 0 spiro atoms. The molecule has 0 radical (unpaired) electrons. The van der Waals surface area contributed by atoms with Crippen LogP contribution in [0.3, 0.4) is 0 Å². The maximum absolute atomic E-state index is 12.8. The summed E-state index contributed by atoms with van der Waals surface area (Å²) in [7, 11) is 1.58. The summed E-state index contributed by atoms with van der Waals surface area (Å²) in [5, 5.41) is 0. The molecule has 1 aliphatic rings. The minimum atomic E-state index is -0.885. The second-order valence-corrected chi connectivity index (χ2v) is 6.34. The molecule has 146 valence electrons. The molecule has 0 unspecified atom stereocenters. The van der Waals surface area contributed by atoms with Crippen LogP contribution in [0.5, 0.6) is 11.5 Å². The third kappa shape index (κ3) is 3.86. The van der Waals surface area contributed by atoms with E-state index in [-0.39, 0.29) is 5.91 Å². The van der Waals surface area contributed by atoms with E-state index in [4.69, 9.17) is 14.2 Å². The first kappa shape index (κ1) is 19.5. The summed E-state index contributed by atoms with van der Waals surface area (Å²) in [6, 6.07) is 14.2. The quantitative estimate of drug-likeness (QED) is 0.302. The molecule has 1 aliphatic heterocycles. The zero-order valence-corrected chi connectivity index (χ0v) is 16.0. The number of anilines is 1. The van der Waals surface area contributed by atoms with Crippen molar-refractivity contribution in [1.29, 1.82) is 0 Å². The zero-order valence-electron chi connectivity index (χ0n) is 16.0. The van der Waals surface area contributed by atoms with E-state index in [0.717, 1.165) is 5.56 Å². The topological polar surface area (TPSA) is 65.1 Å². The van der Waals surface area contributed by atoms with Gasteiger partial charge in [-0.1, -0.05) is 24.3 Å². The molecule has 0 aliphatic carbocycles. The highest BCUT2D eigenvalue weighted by Crippen LogP contribution is 2.44. The van der Waals surface area contributed by atoms with Crippen LogP contribution in [0.15, 0.2) is 61.2 Å². The first-order valence-electron chi connectivity index (χ1n) is 9.03. The number of methoxy groups -OCH3 is 1. The largest absolute Gasteiger partial charge is 0.497 e. The van der Waals surface area contributed by atoms with Gasteiger partial charge in [-0.15, -0.1) is 6.58 Å². The number of para-hydroxylation sites is 1. The predicted molar refractivity (Wildman–Crippen MR) is 106 cm³/mol. The molecule has 0 N–H and O–H groups in total. The number of esters is 1. The lowest BCUT2D eigenvalue weighted by Gasteiger charge is -2.46. The van der Waals surface area contributed by atoms with Gasteiger partial charge in [0.15, 0.2) is 0 Å². The van der Waals surface area contributed by atoms with Gasteiger partial charge in [0, 0.05) is 18.2 Å². The summed E-state index contributed by atoms with van der Waals surface area (Å²) in [6.45, 7) is 5.47. The Morgan fingerprint density at radius 3 is 2.54 bits per heavy atom. The smallest absolute Gasteiger partial charge is 0.303 e. The Labute approximate surface area is 164 Å². The van der Waals surface area contributed by atoms with Crippen molar-refractivity contribution in [3.63, 3.8) is 0 Å². The fourth-order valence-electron chi connectivity index (χ4n) is 3.20. The molecule has 6 nitrogen and oxygen atoms in total. The number of hydrogen-bond acceptors (Lipinski definition) is 5. The molecule has 6 heteroatoms. The van der Waals surface area contributed by atoms with Crippen LogP contribution in [0.4, 0.5) is 5.69 Å². The highest BCUT2D eigenvalue weighted by molar-refractivity contribution is 6.06. The second kappa shape index (κ2) is 8.61. The van der Waals surface area contributed by atoms with Crippen molar-refractivity contribution in [2.45, 2.75) is 25.5 Å². The molecule has 3 rings (SSSR count). The number of amides is 1. The average molecular weight is 381 g/mol. The van der Waals surface area contributed by atoms with E-state index in [9.17, 15) is 9.59 Å². The van der Waals surface area contributed by atoms with E-state index in [2.05, 4.69) is 6.58 Å². The monoisotopic (exact) mass is 381 g/mol. The Bertz CT molecular complexity index is 861. The molecule has 0 saturated carbocycles. The summed E-state index contributed by atoms with van der Waals surface area (Å²) in [5.41, 5.74) is 1.48. The van der Waals surface area contributed by atoms with Crippen molar-refractivity contribution in [3.05, 3.63) is 66.7 Å². The number of β-lactam (4-membered cyclic amide) rings is 1. The molecule has 1 amide bonds. The van der Waals surface area contributed by atoms with Crippen LogP contribution in [0.1, 0.15) is 24.9 Å². The fraction of sp³-hybridized carbons (Fsp3) is 0.273. The molecular weight excluding hydrogens is 358 g/mol. The van der Waals surface area contributed by atoms with Crippen molar-refractivity contribution < 1.29 is 23.8 Å². The van der Waals surface area contributed by atoms with Gasteiger partial charge in [-0.2, -0.15) is 0 Å². The van der Waals surface area contributed by atoms with Gasteiger partial charge in [-0.3, -0.25) is 14.5 Å². The minimum Gasteiger partial charge on any atom is -0.497 e. The Morgan fingerprint density at radius 2 is 1.89 bits per heavy atom. The van der Waals surface area contributed by atoms with Gasteiger partial charge in [0.05, 0.1) is 13.7 Å². The number of hydrogen-bond donors (Lipinski definition) is 0. The first-order valence-corrected chi connectivity index (χ1v) is 9.03. The van der Waals surface area contributed by atoms with Crippen LogP contribution >= 0.6 is 0 Å². The van der Waals surface area contributed by atoms with E-state index >= 15 is 0 Å². The fourth-order valence-corrected chi connectivity index (χ4v) is 3.20. The molecule has 1 heterocycles. The van der Waals surface area contributed by atoms with Crippen LogP contribution in [-0.4, -0.2) is 31.7 Å². The Morgan fingerprint density at radius 1 is 1.18 bits per heavy atom. The molecule has 2 aromatic carbocycles. The van der Waals surface area contributed by atoms with Crippen LogP contribution in [-0.2, 0) is 14.3 Å². The maximum Gasteiger partial charge on any atom is 0.303 e. The van der Waals surface area contributed by atoms with E-state index in [1.165, 1.54) is 6.92 Å². The number of ether oxygens (including phenoxy) is 3. The highest BCUT2D eigenvalue weighted by atomic mass is 16.6. The van der Waals surface area contributed by atoms with Crippen LogP contribution in [0, 0.1) is 0 Å². The third-order valence-corrected chi connectivity index (χ3v) is 4.51. The van der Waals surface area contributed by atoms with Gasteiger partial charge in [0.2, 0.25) is 6.10 Å². The van der Waals surface area contributed by atoms with E-state index in [0.29, 0.717) is 30.2 Å². The van der Waals surface area contributed by atoms with Crippen molar-refractivity contribution in [2.75, 3.05) is 18.6 Å². The standard InChI is InChI=1S/C22H23NO5/c1-4-5-14-27-19-9-7-6-8-18(19)20-21(28-15(2)24)22(25)23(20)16-10-12-17(26-3)13-11-16/h4,6-13,20-21H,1,5,14H2,2-3H3/t20-,21+/m0/s1. The van der Waals surface area contributed by atoms with E-state index in [1.54, 1.807) is 42.4 Å². The van der Waals surface area contributed by atoms with Gasteiger partial charge < -0.3 is 14.2 Å². The summed E-state index contributed by atoms with van der Waals surface area (Å²) in [6.07, 6.45) is 1.60. The molecular formula is C22H23NO5.